The Morgan fingerprint density at radius 3 is 2.48 bits per heavy atom. The van der Waals surface area contributed by atoms with Crippen molar-refractivity contribution in [2.45, 2.75) is 29.1 Å². The molecule has 0 aromatic heterocycles. The fourth-order valence-corrected chi connectivity index (χ4v) is 6.70. The second-order valence-electron chi connectivity index (χ2n) is 6.82. The van der Waals surface area contributed by atoms with Crippen LogP contribution in [0, 0.1) is 17.6 Å². The van der Waals surface area contributed by atoms with Crippen LogP contribution in [-0.2, 0) is 19.3 Å². The van der Waals surface area contributed by atoms with Crippen LogP contribution in [0.25, 0.3) is 0 Å². The Labute approximate surface area is 161 Å². The maximum absolute atomic E-state index is 14.9. The molecular weight excluding hydrogens is 398 g/mol. The van der Waals surface area contributed by atoms with Crippen molar-refractivity contribution in [2.24, 2.45) is 5.92 Å². The number of ether oxygens (including phenoxy) is 2. The molecule has 2 aliphatic rings. The monoisotopic (exact) mass is 414 g/mol. The molecule has 8 heteroatoms. The third-order valence-corrected chi connectivity index (χ3v) is 8.33. The largest absolute Gasteiger partial charge is 0.490 e. The molecule has 2 aliphatic heterocycles. The minimum absolute atomic E-state index is 0.00233. The summed E-state index contributed by atoms with van der Waals surface area (Å²) in [5.74, 6) is -2.61. The van der Waals surface area contributed by atoms with E-state index in [4.69, 9.17) is 21.1 Å². The van der Waals surface area contributed by atoms with Gasteiger partial charge in [0.15, 0.2) is 21.4 Å². The van der Waals surface area contributed by atoms with Gasteiger partial charge in [0.05, 0.1) is 23.2 Å². The second-order valence-corrected chi connectivity index (χ2v) is 9.47. The lowest BCUT2D eigenvalue weighted by Gasteiger charge is -2.49. The van der Waals surface area contributed by atoms with Crippen molar-refractivity contribution >= 4 is 21.4 Å². The highest BCUT2D eigenvalue weighted by Gasteiger charge is 2.60. The Morgan fingerprint density at radius 1 is 1.11 bits per heavy atom. The number of halogens is 3. The van der Waals surface area contributed by atoms with E-state index < -0.39 is 38.2 Å². The smallest absolute Gasteiger partial charge is 0.189 e. The molecule has 4 rings (SSSR count). The SMILES string of the molecule is C[C@H]1OCC[C@]2(S(=O)(=O)c3ccc(Cl)cc3)c3c(F)ccc(F)c3OC[C@H]12. The van der Waals surface area contributed by atoms with Crippen molar-refractivity contribution in [3.8, 4) is 5.75 Å². The normalized spacial score (nSPS) is 27.4. The van der Waals surface area contributed by atoms with Crippen LogP contribution in [0.15, 0.2) is 41.3 Å². The van der Waals surface area contributed by atoms with E-state index in [1.165, 1.54) is 24.3 Å². The minimum atomic E-state index is -4.11. The number of rotatable bonds is 2. The number of sulfone groups is 1. The maximum atomic E-state index is 14.9. The van der Waals surface area contributed by atoms with E-state index >= 15 is 0 Å². The van der Waals surface area contributed by atoms with Gasteiger partial charge >= 0.3 is 0 Å². The summed E-state index contributed by atoms with van der Waals surface area (Å²) in [4.78, 5) is 0.00233. The number of hydrogen-bond donors (Lipinski definition) is 0. The van der Waals surface area contributed by atoms with Gasteiger partial charge in [-0.25, -0.2) is 17.2 Å². The van der Waals surface area contributed by atoms with Gasteiger partial charge in [-0.1, -0.05) is 11.6 Å². The van der Waals surface area contributed by atoms with Crippen LogP contribution in [0.4, 0.5) is 8.78 Å². The van der Waals surface area contributed by atoms with E-state index in [1.54, 1.807) is 6.92 Å². The number of hydrogen-bond acceptors (Lipinski definition) is 4. The van der Waals surface area contributed by atoms with Crippen molar-refractivity contribution in [3.63, 3.8) is 0 Å². The number of benzene rings is 2. The molecule has 0 radical (unpaired) electrons. The van der Waals surface area contributed by atoms with Gasteiger partial charge in [-0.2, -0.15) is 0 Å². The van der Waals surface area contributed by atoms with E-state index in [-0.39, 0.29) is 35.8 Å². The molecular formula is C19H17ClF2O4S. The summed E-state index contributed by atoms with van der Waals surface area (Å²) in [6.45, 7) is 1.75. The molecule has 2 heterocycles. The predicted octanol–water partition coefficient (Wildman–Crippen LogP) is 4.10. The minimum Gasteiger partial charge on any atom is -0.490 e. The topological polar surface area (TPSA) is 52.6 Å². The van der Waals surface area contributed by atoms with Gasteiger partial charge in [-0.15, -0.1) is 0 Å². The fourth-order valence-electron chi connectivity index (χ4n) is 4.19. The molecule has 1 saturated heterocycles. The zero-order valence-electron chi connectivity index (χ0n) is 14.4. The molecule has 0 unspecified atom stereocenters. The fraction of sp³-hybridized carbons (Fsp3) is 0.368. The van der Waals surface area contributed by atoms with Crippen LogP contribution >= 0.6 is 11.6 Å². The Balaban J connectivity index is 2.04. The van der Waals surface area contributed by atoms with Gasteiger partial charge in [-0.05, 0) is 49.7 Å². The predicted molar refractivity (Wildman–Crippen MR) is 95.7 cm³/mol. The Hall–Kier alpha value is -1.70. The summed E-state index contributed by atoms with van der Waals surface area (Å²) < 4.78 is 66.3. The molecule has 27 heavy (non-hydrogen) atoms. The van der Waals surface area contributed by atoms with Crippen molar-refractivity contribution < 1.29 is 26.7 Å². The molecule has 3 atom stereocenters. The molecule has 2 aromatic carbocycles. The van der Waals surface area contributed by atoms with E-state index in [0.717, 1.165) is 12.1 Å². The summed E-state index contributed by atoms with van der Waals surface area (Å²) in [5, 5.41) is 0.382. The van der Waals surface area contributed by atoms with Crippen LogP contribution in [0.3, 0.4) is 0 Å². The first-order chi connectivity index (χ1) is 12.8. The van der Waals surface area contributed by atoms with Gasteiger partial charge in [-0.3, -0.25) is 0 Å². The van der Waals surface area contributed by atoms with E-state index in [2.05, 4.69) is 0 Å². The van der Waals surface area contributed by atoms with E-state index in [9.17, 15) is 17.2 Å². The van der Waals surface area contributed by atoms with E-state index in [1.807, 2.05) is 0 Å². The average molecular weight is 415 g/mol. The van der Waals surface area contributed by atoms with Crippen LogP contribution < -0.4 is 4.74 Å². The van der Waals surface area contributed by atoms with Crippen LogP contribution in [-0.4, -0.2) is 27.7 Å². The lowest BCUT2D eigenvalue weighted by atomic mass is 9.76. The van der Waals surface area contributed by atoms with Crippen molar-refractivity contribution in [3.05, 3.63) is 58.6 Å². The van der Waals surface area contributed by atoms with Crippen LogP contribution in [0.1, 0.15) is 18.9 Å². The molecule has 0 saturated carbocycles. The third-order valence-electron chi connectivity index (χ3n) is 5.51. The first-order valence-electron chi connectivity index (χ1n) is 8.52. The summed E-state index contributed by atoms with van der Waals surface area (Å²) in [7, 11) is -4.11. The molecule has 0 spiro atoms. The average Bonchev–Trinajstić information content (AvgIpc) is 2.64. The molecule has 1 fully saturated rings. The zero-order chi connectivity index (χ0) is 19.4. The molecule has 2 aromatic rings. The molecule has 0 N–H and O–H groups in total. The van der Waals surface area contributed by atoms with E-state index in [0.29, 0.717) is 5.02 Å². The molecule has 4 nitrogen and oxygen atoms in total. The Kier molecular flexibility index (Phi) is 4.44. The van der Waals surface area contributed by atoms with Crippen molar-refractivity contribution in [1.82, 2.24) is 0 Å². The first kappa shape index (κ1) is 18.7. The maximum Gasteiger partial charge on any atom is 0.189 e. The molecule has 144 valence electrons. The van der Waals surface area contributed by atoms with Gasteiger partial charge in [0, 0.05) is 17.5 Å². The van der Waals surface area contributed by atoms with Gasteiger partial charge < -0.3 is 9.47 Å². The van der Waals surface area contributed by atoms with Crippen LogP contribution in [0.5, 0.6) is 5.75 Å². The standard InChI is InChI=1S/C19H17ClF2O4S/c1-11-14-10-26-18-16(22)7-6-15(21)17(18)19(14,8-9-25-11)27(23,24)13-4-2-12(20)3-5-13/h2-7,11,14H,8-10H2,1H3/t11-,14-,19-/m1/s1. The Morgan fingerprint density at radius 2 is 1.78 bits per heavy atom. The highest BCUT2D eigenvalue weighted by molar-refractivity contribution is 7.92. The molecule has 0 amide bonds. The van der Waals surface area contributed by atoms with Gasteiger partial charge in [0.25, 0.3) is 0 Å². The highest BCUT2D eigenvalue weighted by atomic mass is 35.5. The van der Waals surface area contributed by atoms with Gasteiger partial charge in [0.1, 0.15) is 10.6 Å². The highest BCUT2D eigenvalue weighted by Crippen LogP contribution is 2.55. The van der Waals surface area contributed by atoms with Gasteiger partial charge in [0.2, 0.25) is 0 Å². The summed E-state index contributed by atoms with van der Waals surface area (Å²) in [5.41, 5.74) is -0.246. The zero-order valence-corrected chi connectivity index (χ0v) is 16.0. The molecule has 0 aliphatic carbocycles. The van der Waals surface area contributed by atoms with Crippen LogP contribution in [0.2, 0.25) is 5.02 Å². The Bertz CT molecular complexity index is 994. The third kappa shape index (κ3) is 2.59. The quantitative estimate of drug-likeness (QED) is 0.742. The summed E-state index contributed by atoms with van der Waals surface area (Å²) >= 11 is 5.89. The lowest BCUT2D eigenvalue weighted by molar-refractivity contribution is -0.0626. The first-order valence-corrected chi connectivity index (χ1v) is 10.4. The second kappa shape index (κ2) is 6.43. The summed E-state index contributed by atoms with van der Waals surface area (Å²) in [6.07, 6.45) is -0.499. The molecule has 0 bridgehead atoms. The number of fused-ring (bicyclic) bond motifs is 3. The lowest BCUT2D eigenvalue weighted by Crippen LogP contribution is -2.56. The van der Waals surface area contributed by atoms with Crippen molar-refractivity contribution in [2.75, 3.05) is 13.2 Å². The summed E-state index contributed by atoms with van der Waals surface area (Å²) in [6, 6.07) is 7.58. The van der Waals surface area contributed by atoms with Crippen molar-refractivity contribution in [1.29, 1.82) is 0 Å².